The Hall–Kier alpha value is -4.27. The highest BCUT2D eigenvalue weighted by Gasteiger charge is 2.17. The van der Waals surface area contributed by atoms with Crippen LogP contribution in [0, 0.1) is 5.82 Å². The summed E-state index contributed by atoms with van der Waals surface area (Å²) < 4.78 is 23.8. The quantitative estimate of drug-likeness (QED) is 0.435. The van der Waals surface area contributed by atoms with Gasteiger partial charge in [-0.1, -0.05) is 42.5 Å². The van der Waals surface area contributed by atoms with E-state index >= 15 is 0 Å². The molecule has 0 bridgehead atoms. The summed E-state index contributed by atoms with van der Waals surface area (Å²) in [4.78, 5) is 36.3. The fourth-order valence-electron chi connectivity index (χ4n) is 3.42. The second-order valence-corrected chi connectivity index (χ2v) is 7.36. The summed E-state index contributed by atoms with van der Waals surface area (Å²) in [6.45, 7) is 0.800. The lowest BCUT2D eigenvalue weighted by Crippen LogP contribution is -2.32. The second kappa shape index (κ2) is 9.47. The van der Waals surface area contributed by atoms with E-state index in [2.05, 4.69) is 10.4 Å². The van der Waals surface area contributed by atoms with E-state index in [-0.39, 0.29) is 11.9 Å². The summed E-state index contributed by atoms with van der Waals surface area (Å²) in [5.41, 5.74) is 1.32. The van der Waals surface area contributed by atoms with Gasteiger partial charge in [0.2, 0.25) is 5.89 Å². The van der Waals surface area contributed by atoms with Crippen LogP contribution >= 0.6 is 0 Å². The molecule has 4 rings (SSSR count). The van der Waals surface area contributed by atoms with Gasteiger partial charge in [0.1, 0.15) is 12.4 Å². The zero-order chi connectivity index (χ0) is 23.4. The molecule has 0 radical (unpaired) electrons. The minimum Gasteiger partial charge on any atom is -0.454 e. The summed E-state index contributed by atoms with van der Waals surface area (Å²) in [5, 5.41) is 8.78. The normalized spacial score (nSPS) is 11.8. The molecule has 168 valence electrons. The van der Waals surface area contributed by atoms with Gasteiger partial charge in [-0.25, -0.2) is 9.18 Å². The molecule has 1 amide bonds. The average molecular weight is 449 g/mol. The maximum atomic E-state index is 13.0. The highest BCUT2D eigenvalue weighted by atomic mass is 19.1. The standard InChI is InChI=1S/C24H20FN3O5/c1-15(19-8-4-6-16-5-2-3-7-20(16)19)26-21(29)14-32-22(30)13-28-24(31)33-23(27-28)17-9-11-18(25)12-10-17/h2-12,15H,13-14H2,1H3,(H,26,29). The third-order valence-corrected chi connectivity index (χ3v) is 5.01. The molecular weight excluding hydrogens is 429 g/mol. The summed E-state index contributed by atoms with van der Waals surface area (Å²) in [5.74, 6) is -2.70. The molecule has 1 heterocycles. The Morgan fingerprint density at radius 3 is 2.61 bits per heavy atom. The van der Waals surface area contributed by atoms with Gasteiger partial charge in [0.25, 0.3) is 5.91 Å². The number of hydrogen-bond acceptors (Lipinski definition) is 6. The van der Waals surface area contributed by atoms with Crippen LogP contribution in [0.25, 0.3) is 22.2 Å². The van der Waals surface area contributed by atoms with Crippen molar-refractivity contribution < 1.29 is 23.1 Å². The lowest BCUT2D eigenvalue weighted by Gasteiger charge is -2.16. The van der Waals surface area contributed by atoms with Crippen molar-refractivity contribution in [3.8, 4) is 11.5 Å². The van der Waals surface area contributed by atoms with Crippen molar-refractivity contribution in [2.45, 2.75) is 19.5 Å². The fraction of sp³-hybridized carbons (Fsp3) is 0.167. The molecule has 8 nitrogen and oxygen atoms in total. The van der Waals surface area contributed by atoms with E-state index in [0.29, 0.717) is 5.56 Å². The van der Waals surface area contributed by atoms with E-state index in [1.165, 1.54) is 24.3 Å². The number of nitrogens with zero attached hydrogens (tertiary/aromatic N) is 2. The van der Waals surface area contributed by atoms with E-state index in [0.717, 1.165) is 21.0 Å². The number of rotatable bonds is 7. The van der Waals surface area contributed by atoms with Crippen LogP contribution in [0.5, 0.6) is 0 Å². The number of fused-ring (bicyclic) bond motifs is 1. The Balaban J connectivity index is 1.33. The minimum absolute atomic E-state index is 0.0607. The Labute approximate surface area is 187 Å². The Morgan fingerprint density at radius 2 is 1.82 bits per heavy atom. The molecule has 1 aromatic heterocycles. The van der Waals surface area contributed by atoms with Crippen molar-refractivity contribution in [1.29, 1.82) is 0 Å². The fourth-order valence-corrected chi connectivity index (χ4v) is 3.42. The molecule has 1 atom stereocenters. The molecule has 0 spiro atoms. The molecule has 4 aromatic rings. The first kappa shape index (κ1) is 21.9. The summed E-state index contributed by atoms with van der Waals surface area (Å²) in [6.07, 6.45) is 0. The van der Waals surface area contributed by atoms with Gasteiger partial charge in [0.15, 0.2) is 6.61 Å². The van der Waals surface area contributed by atoms with Crippen LogP contribution in [0.3, 0.4) is 0 Å². The highest BCUT2D eigenvalue weighted by molar-refractivity contribution is 5.87. The van der Waals surface area contributed by atoms with Crippen LogP contribution in [0.1, 0.15) is 18.5 Å². The molecule has 33 heavy (non-hydrogen) atoms. The lowest BCUT2D eigenvalue weighted by molar-refractivity contribution is -0.149. The van der Waals surface area contributed by atoms with Gasteiger partial charge >= 0.3 is 11.7 Å². The number of carbonyl (C=O) groups is 2. The largest absolute Gasteiger partial charge is 0.454 e. The second-order valence-electron chi connectivity index (χ2n) is 7.36. The molecule has 1 unspecified atom stereocenters. The number of esters is 1. The van der Waals surface area contributed by atoms with Crippen molar-refractivity contribution in [2.24, 2.45) is 0 Å². The van der Waals surface area contributed by atoms with E-state index in [1.807, 2.05) is 49.4 Å². The van der Waals surface area contributed by atoms with E-state index < -0.39 is 36.6 Å². The van der Waals surface area contributed by atoms with E-state index in [4.69, 9.17) is 9.15 Å². The van der Waals surface area contributed by atoms with Gasteiger partial charge in [-0.15, -0.1) is 5.10 Å². The first-order chi connectivity index (χ1) is 15.9. The Bertz CT molecular complexity index is 1360. The average Bonchev–Trinajstić information content (AvgIpc) is 3.17. The molecule has 3 aromatic carbocycles. The number of aromatic nitrogens is 2. The number of halogens is 1. The van der Waals surface area contributed by atoms with Gasteiger partial charge in [-0.3, -0.25) is 9.59 Å². The lowest BCUT2D eigenvalue weighted by atomic mass is 10.00. The maximum Gasteiger partial charge on any atom is 0.437 e. The van der Waals surface area contributed by atoms with E-state index in [1.54, 1.807) is 0 Å². The molecule has 0 aliphatic carbocycles. The minimum atomic E-state index is -0.875. The van der Waals surface area contributed by atoms with Crippen molar-refractivity contribution in [1.82, 2.24) is 15.1 Å². The smallest absolute Gasteiger partial charge is 0.437 e. The molecular formula is C24H20FN3O5. The molecule has 1 N–H and O–H groups in total. The van der Waals surface area contributed by atoms with Crippen LogP contribution in [0.2, 0.25) is 0 Å². The molecule has 0 aliphatic rings. The summed E-state index contributed by atoms with van der Waals surface area (Å²) in [6, 6.07) is 18.5. The molecule has 9 heteroatoms. The number of ether oxygens (including phenoxy) is 1. The van der Waals surface area contributed by atoms with Crippen molar-refractivity contribution in [3.63, 3.8) is 0 Å². The van der Waals surface area contributed by atoms with Crippen molar-refractivity contribution >= 4 is 22.6 Å². The van der Waals surface area contributed by atoms with Gasteiger partial charge < -0.3 is 14.5 Å². The molecule has 0 saturated heterocycles. The monoisotopic (exact) mass is 449 g/mol. The first-order valence-electron chi connectivity index (χ1n) is 10.2. The van der Waals surface area contributed by atoms with Crippen LogP contribution < -0.4 is 11.1 Å². The van der Waals surface area contributed by atoms with Gasteiger partial charge in [0.05, 0.1) is 6.04 Å². The number of carbonyl (C=O) groups excluding carboxylic acids is 2. The summed E-state index contributed by atoms with van der Waals surface area (Å²) >= 11 is 0. The molecule has 0 saturated carbocycles. The topological polar surface area (TPSA) is 103 Å². The number of benzene rings is 3. The first-order valence-corrected chi connectivity index (χ1v) is 10.2. The van der Waals surface area contributed by atoms with Crippen molar-refractivity contribution in [3.05, 3.63) is 88.7 Å². The van der Waals surface area contributed by atoms with Gasteiger partial charge in [0, 0.05) is 5.56 Å². The van der Waals surface area contributed by atoms with Gasteiger partial charge in [-0.2, -0.15) is 4.68 Å². The third-order valence-electron chi connectivity index (χ3n) is 5.01. The predicted octanol–water partition coefficient (Wildman–Crippen LogP) is 3.22. The Kier molecular flexibility index (Phi) is 6.30. The SMILES string of the molecule is CC(NC(=O)COC(=O)Cn1nc(-c2ccc(F)cc2)oc1=O)c1cccc2ccccc12. The molecule has 0 aliphatic heterocycles. The van der Waals surface area contributed by atoms with Crippen LogP contribution in [-0.4, -0.2) is 28.3 Å². The predicted molar refractivity (Wildman–Crippen MR) is 118 cm³/mol. The van der Waals surface area contributed by atoms with Crippen LogP contribution in [0.15, 0.2) is 75.9 Å². The van der Waals surface area contributed by atoms with E-state index in [9.17, 15) is 18.8 Å². The number of hydrogen-bond donors (Lipinski definition) is 1. The van der Waals surface area contributed by atoms with Crippen LogP contribution in [-0.2, 0) is 20.9 Å². The van der Waals surface area contributed by atoms with Crippen LogP contribution in [0.4, 0.5) is 4.39 Å². The number of amides is 1. The zero-order valence-electron chi connectivity index (χ0n) is 17.7. The Morgan fingerprint density at radius 1 is 1.09 bits per heavy atom. The van der Waals surface area contributed by atoms with Crippen molar-refractivity contribution in [2.75, 3.05) is 6.61 Å². The zero-order valence-corrected chi connectivity index (χ0v) is 17.7. The third kappa shape index (κ3) is 5.15. The summed E-state index contributed by atoms with van der Waals surface area (Å²) in [7, 11) is 0. The molecule has 0 fully saturated rings. The highest BCUT2D eigenvalue weighted by Crippen LogP contribution is 2.24. The number of nitrogens with one attached hydrogen (secondary N) is 1. The van der Waals surface area contributed by atoms with Gasteiger partial charge in [-0.05, 0) is 47.5 Å². The maximum absolute atomic E-state index is 13.0.